The summed E-state index contributed by atoms with van der Waals surface area (Å²) in [5.41, 5.74) is 9.55. The highest BCUT2D eigenvalue weighted by Crippen LogP contribution is 2.32. The fourth-order valence-electron chi connectivity index (χ4n) is 4.30. The molecule has 0 atom stereocenters. The number of hydrazine groups is 1. The lowest BCUT2D eigenvalue weighted by Crippen LogP contribution is -2.31. The number of amides is 2. The first kappa shape index (κ1) is 25.5. The first-order valence-electron chi connectivity index (χ1n) is 11.7. The van der Waals surface area contributed by atoms with E-state index in [1.165, 1.54) is 0 Å². The molecule has 0 aromatic heterocycles. The Bertz CT molecular complexity index is 1090. The van der Waals surface area contributed by atoms with Crippen LogP contribution in [0.5, 0.6) is 0 Å². The normalized spacial score (nSPS) is 12.8. The van der Waals surface area contributed by atoms with Gasteiger partial charge in [-0.1, -0.05) is 26.5 Å². The highest BCUT2D eigenvalue weighted by Gasteiger charge is 2.27. The Morgan fingerprint density at radius 3 is 2.47 bits per heavy atom. The Hall–Kier alpha value is -3.16. The van der Waals surface area contributed by atoms with Crippen LogP contribution in [0.4, 0.5) is 5.69 Å². The first-order valence-corrected chi connectivity index (χ1v) is 11.7. The molecule has 0 radical (unpaired) electrons. The van der Waals surface area contributed by atoms with Crippen LogP contribution in [0, 0.1) is 12.8 Å². The third kappa shape index (κ3) is 5.85. The molecule has 1 aliphatic heterocycles. The van der Waals surface area contributed by atoms with Crippen molar-refractivity contribution in [1.29, 1.82) is 0 Å². The van der Waals surface area contributed by atoms with Crippen molar-refractivity contribution in [2.45, 2.75) is 40.3 Å². The van der Waals surface area contributed by atoms with E-state index in [9.17, 15) is 9.59 Å². The minimum Gasteiger partial charge on any atom is -0.351 e. The Kier molecular flexibility index (Phi) is 8.12. The molecule has 4 N–H and O–H groups in total. The summed E-state index contributed by atoms with van der Waals surface area (Å²) in [7, 11) is 3.94. The van der Waals surface area contributed by atoms with E-state index in [0.717, 1.165) is 46.5 Å². The van der Waals surface area contributed by atoms with Crippen LogP contribution in [0.25, 0.3) is 5.57 Å². The van der Waals surface area contributed by atoms with E-state index in [2.05, 4.69) is 31.2 Å². The molecule has 2 aromatic carbocycles. The van der Waals surface area contributed by atoms with E-state index < -0.39 is 0 Å². The molecule has 0 bridgehead atoms. The van der Waals surface area contributed by atoms with Gasteiger partial charge in [0.05, 0.1) is 5.69 Å². The standard InChI is InChI=1S/C27H37N5O2/c1-17(2)11-18(3)23-14-24(19(4)12-25(23)30-28)27(34)32-15-21-8-7-20(13-22(21)16-32)26(33)29-9-10-31(5)6/h7-8,12-14,17,30H,3,9-11,15-16,28H2,1-2,4-6H3,(H,29,33). The van der Waals surface area contributed by atoms with Crippen molar-refractivity contribution in [3.8, 4) is 0 Å². The number of anilines is 1. The molecule has 1 heterocycles. The van der Waals surface area contributed by atoms with Gasteiger partial charge in [-0.3, -0.25) is 15.4 Å². The average molecular weight is 464 g/mol. The second-order valence-electron chi connectivity index (χ2n) is 9.76. The van der Waals surface area contributed by atoms with Gasteiger partial charge in [-0.25, -0.2) is 0 Å². The number of nitrogens with one attached hydrogen (secondary N) is 2. The van der Waals surface area contributed by atoms with E-state index in [1.807, 2.05) is 61.2 Å². The highest BCUT2D eigenvalue weighted by molar-refractivity contribution is 5.98. The number of rotatable bonds is 9. The van der Waals surface area contributed by atoms with E-state index >= 15 is 0 Å². The lowest BCUT2D eigenvalue weighted by molar-refractivity contribution is 0.0750. The molecule has 0 fully saturated rings. The molecule has 7 heteroatoms. The molecule has 2 aromatic rings. The molecule has 0 spiro atoms. The van der Waals surface area contributed by atoms with Crippen molar-refractivity contribution in [2.75, 3.05) is 32.6 Å². The van der Waals surface area contributed by atoms with E-state index in [0.29, 0.717) is 36.7 Å². The summed E-state index contributed by atoms with van der Waals surface area (Å²) in [6, 6.07) is 9.50. The highest BCUT2D eigenvalue weighted by atomic mass is 16.2. The second-order valence-corrected chi connectivity index (χ2v) is 9.76. The number of benzene rings is 2. The number of allylic oxidation sites excluding steroid dienone is 1. The number of likely N-dealkylation sites (N-methyl/N-ethyl adjacent to an activating group) is 1. The van der Waals surface area contributed by atoms with Crippen LogP contribution in [-0.2, 0) is 13.1 Å². The van der Waals surface area contributed by atoms with E-state index in [1.54, 1.807) is 0 Å². The summed E-state index contributed by atoms with van der Waals surface area (Å²) in [6.07, 6.45) is 0.819. The van der Waals surface area contributed by atoms with Crippen LogP contribution in [0.2, 0.25) is 0 Å². The third-order valence-corrected chi connectivity index (χ3v) is 6.11. The Balaban J connectivity index is 1.78. The van der Waals surface area contributed by atoms with Gasteiger partial charge >= 0.3 is 0 Å². The maximum absolute atomic E-state index is 13.5. The van der Waals surface area contributed by atoms with Gasteiger partial charge in [-0.15, -0.1) is 0 Å². The summed E-state index contributed by atoms with van der Waals surface area (Å²) in [5.74, 6) is 6.07. The maximum atomic E-state index is 13.5. The monoisotopic (exact) mass is 463 g/mol. The summed E-state index contributed by atoms with van der Waals surface area (Å²) in [5, 5.41) is 2.94. The Labute approximate surface area is 203 Å². The lowest BCUT2D eigenvalue weighted by atomic mass is 9.93. The number of carbonyl (C=O) groups excluding carboxylic acids is 2. The maximum Gasteiger partial charge on any atom is 0.254 e. The van der Waals surface area contributed by atoms with Crippen LogP contribution in [-0.4, -0.2) is 48.8 Å². The molecule has 7 nitrogen and oxygen atoms in total. The number of hydrogen-bond donors (Lipinski definition) is 3. The SMILES string of the molecule is C=C(CC(C)C)c1cc(C(=O)N2Cc3ccc(C(=O)NCCN(C)C)cc3C2)c(C)cc1NN. The number of nitrogens with two attached hydrogens (primary N) is 1. The van der Waals surface area contributed by atoms with Crippen molar-refractivity contribution in [1.82, 2.24) is 15.1 Å². The van der Waals surface area contributed by atoms with Crippen LogP contribution in [0.1, 0.15) is 63.2 Å². The molecule has 0 saturated carbocycles. The first-order chi connectivity index (χ1) is 16.1. The molecule has 2 amide bonds. The Morgan fingerprint density at radius 2 is 1.82 bits per heavy atom. The van der Waals surface area contributed by atoms with E-state index in [-0.39, 0.29) is 11.8 Å². The molecule has 34 heavy (non-hydrogen) atoms. The van der Waals surface area contributed by atoms with Gasteiger partial charge < -0.3 is 20.5 Å². The minimum absolute atomic E-state index is 0.0344. The summed E-state index contributed by atoms with van der Waals surface area (Å²) in [4.78, 5) is 29.9. The largest absolute Gasteiger partial charge is 0.351 e. The van der Waals surface area contributed by atoms with Crippen molar-refractivity contribution in [3.05, 3.63) is 70.3 Å². The van der Waals surface area contributed by atoms with Gasteiger partial charge in [0, 0.05) is 42.9 Å². The van der Waals surface area contributed by atoms with Gasteiger partial charge in [-0.2, -0.15) is 0 Å². The number of fused-ring (bicyclic) bond motifs is 1. The summed E-state index contributed by atoms with van der Waals surface area (Å²) < 4.78 is 0. The minimum atomic E-state index is -0.0940. The predicted molar refractivity (Wildman–Crippen MR) is 138 cm³/mol. The number of hydrogen-bond acceptors (Lipinski definition) is 5. The van der Waals surface area contributed by atoms with Crippen LogP contribution in [0.3, 0.4) is 0 Å². The third-order valence-electron chi connectivity index (χ3n) is 6.11. The lowest BCUT2D eigenvalue weighted by Gasteiger charge is -2.20. The smallest absolute Gasteiger partial charge is 0.254 e. The molecule has 3 rings (SSSR count). The molecule has 0 unspecified atom stereocenters. The zero-order valence-corrected chi connectivity index (χ0v) is 21.0. The predicted octanol–water partition coefficient (Wildman–Crippen LogP) is 3.79. The molecule has 182 valence electrons. The quantitative estimate of drug-likeness (QED) is 0.389. The van der Waals surface area contributed by atoms with Gasteiger partial charge in [0.1, 0.15) is 0 Å². The van der Waals surface area contributed by atoms with Crippen LogP contribution in [0.15, 0.2) is 36.9 Å². The van der Waals surface area contributed by atoms with Crippen molar-refractivity contribution in [2.24, 2.45) is 11.8 Å². The van der Waals surface area contributed by atoms with Crippen LogP contribution < -0.4 is 16.6 Å². The van der Waals surface area contributed by atoms with E-state index in [4.69, 9.17) is 5.84 Å². The summed E-state index contributed by atoms with van der Waals surface area (Å²) >= 11 is 0. The van der Waals surface area contributed by atoms with Crippen molar-refractivity contribution in [3.63, 3.8) is 0 Å². The average Bonchev–Trinajstić information content (AvgIpc) is 3.21. The summed E-state index contributed by atoms with van der Waals surface area (Å²) in [6.45, 7) is 12.8. The number of nitrogens with zero attached hydrogens (tertiary/aromatic N) is 2. The van der Waals surface area contributed by atoms with Gasteiger partial charge in [0.2, 0.25) is 0 Å². The van der Waals surface area contributed by atoms with Gasteiger partial charge in [-0.05, 0) is 79.9 Å². The molecular formula is C27H37N5O2. The molecule has 0 aliphatic carbocycles. The Morgan fingerprint density at radius 1 is 1.12 bits per heavy atom. The fraction of sp³-hybridized carbons (Fsp3) is 0.407. The number of carbonyl (C=O) groups is 2. The van der Waals surface area contributed by atoms with Crippen molar-refractivity contribution < 1.29 is 9.59 Å². The van der Waals surface area contributed by atoms with Crippen molar-refractivity contribution >= 4 is 23.1 Å². The molecular weight excluding hydrogens is 426 g/mol. The van der Waals surface area contributed by atoms with Gasteiger partial charge in [0.15, 0.2) is 0 Å². The second kappa shape index (κ2) is 10.8. The topological polar surface area (TPSA) is 90.7 Å². The number of nitrogen functional groups attached to an aromatic ring is 1. The molecule has 0 saturated heterocycles. The van der Waals surface area contributed by atoms with Gasteiger partial charge in [0.25, 0.3) is 11.8 Å². The fourth-order valence-corrected chi connectivity index (χ4v) is 4.30. The van der Waals surface area contributed by atoms with Crippen LogP contribution >= 0.6 is 0 Å². The zero-order valence-electron chi connectivity index (χ0n) is 21.0. The zero-order chi connectivity index (χ0) is 25.0. The number of aryl methyl sites for hydroxylation is 1. The molecule has 1 aliphatic rings.